The lowest BCUT2D eigenvalue weighted by Crippen LogP contribution is -2.47. The topological polar surface area (TPSA) is 49.6 Å². The van der Waals surface area contributed by atoms with Crippen molar-refractivity contribution in [3.8, 4) is 0 Å². The van der Waals surface area contributed by atoms with Crippen molar-refractivity contribution in [1.29, 1.82) is 0 Å². The molecule has 0 spiro atoms. The van der Waals surface area contributed by atoms with Gasteiger partial charge in [0.05, 0.1) is 6.04 Å². The molecular weight excluding hydrogens is 274 g/mol. The van der Waals surface area contributed by atoms with Gasteiger partial charge in [0.25, 0.3) is 0 Å². The van der Waals surface area contributed by atoms with Crippen LogP contribution in [0.5, 0.6) is 0 Å². The van der Waals surface area contributed by atoms with Crippen LogP contribution in [0.25, 0.3) is 0 Å². The van der Waals surface area contributed by atoms with Gasteiger partial charge in [0.1, 0.15) is 0 Å². The second kappa shape index (κ2) is 8.30. The van der Waals surface area contributed by atoms with Crippen LogP contribution < -0.4 is 5.73 Å². The number of nitrogens with zero attached hydrogens (tertiary/aromatic N) is 2. The molecule has 0 aromatic heterocycles. The fraction of sp³-hybridized carbons (Fsp3) is 0.611. The largest absolute Gasteiger partial charge is 0.341 e. The summed E-state index contributed by atoms with van der Waals surface area (Å²) in [4.78, 5) is 16.3. The average Bonchev–Trinajstić information content (AvgIpc) is 2.55. The van der Waals surface area contributed by atoms with E-state index < -0.39 is 0 Å². The maximum atomic E-state index is 11.9. The van der Waals surface area contributed by atoms with Crippen molar-refractivity contribution in [1.82, 2.24) is 9.80 Å². The summed E-state index contributed by atoms with van der Waals surface area (Å²) < 4.78 is 0. The van der Waals surface area contributed by atoms with Gasteiger partial charge >= 0.3 is 0 Å². The minimum Gasteiger partial charge on any atom is -0.341 e. The minimum absolute atomic E-state index is 0.0927. The van der Waals surface area contributed by atoms with E-state index in [-0.39, 0.29) is 11.9 Å². The maximum absolute atomic E-state index is 11.9. The molecule has 4 heteroatoms. The molecule has 1 aromatic carbocycles. The minimum atomic E-state index is -0.373. The number of hydrogen-bond acceptors (Lipinski definition) is 3. The Bertz CT molecular complexity index is 453. The van der Waals surface area contributed by atoms with E-state index in [1.165, 1.54) is 5.56 Å². The van der Waals surface area contributed by atoms with Crippen molar-refractivity contribution < 1.29 is 4.79 Å². The molecule has 1 fully saturated rings. The molecular formula is C18H29N3O. The second-order valence-corrected chi connectivity index (χ2v) is 6.37. The molecule has 1 atom stereocenters. The molecule has 1 saturated heterocycles. The van der Waals surface area contributed by atoms with E-state index in [1.54, 1.807) is 6.92 Å². The van der Waals surface area contributed by atoms with Crippen LogP contribution in [0.4, 0.5) is 0 Å². The number of piperidine rings is 1. The smallest absolute Gasteiger partial charge is 0.239 e. The van der Waals surface area contributed by atoms with Gasteiger partial charge in [-0.2, -0.15) is 0 Å². The number of amides is 1. The van der Waals surface area contributed by atoms with Crippen molar-refractivity contribution in [3.63, 3.8) is 0 Å². The summed E-state index contributed by atoms with van der Waals surface area (Å²) in [5.41, 5.74) is 7.06. The first-order chi connectivity index (χ1) is 10.6. The summed E-state index contributed by atoms with van der Waals surface area (Å²) in [7, 11) is 0. The van der Waals surface area contributed by atoms with Gasteiger partial charge in [-0.05, 0) is 37.8 Å². The average molecular weight is 303 g/mol. The van der Waals surface area contributed by atoms with Gasteiger partial charge in [-0.15, -0.1) is 0 Å². The zero-order valence-electron chi connectivity index (χ0n) is 13.9. The second-order valence-electron chi connectivity index (χ2n) is 6.37. The molecule has 0 saturated carbocycles. The van der Waals surface area contributed by atoms with Gasteiger partial charge in [0, 0.05) is 26.2 Å². The summed E-state index contributed by atoms with van der Waals surface area (Å²) in [6.45, 7) is 8.89. The van der Waals surface area contributed by atoms with Crippen LogP contribution >= 0.6 is 0 Å². The molecule has 0 bridgehead atoms. The molecule has 1 heterocycles. The Balaban J connectivity index is 1.80. The number of nitrogens with two attached hydrogens (primary N) is 1. The van der Waals surface area contributed by atoms with Gasteiger partial charge < -0.3 is 10.6 Å². The van der Waals surface area contributed by atoms with E-state index in [9.17, 15) is 4.79 Å². The van der Waals surface area contributed by atoms with Gasteiger partial charge in [-0.3, -0.25) is 9.69 Å². The molecule has 0 radical (unpaired) electrons. The Kier molecular flexibility index (Phi) is 6.40. The lowest BCUT2D eigenvalue weighted by molar-refractivity contribution is -0.133. The molecule has 2 N–H and O–H groups in total. The van der Waals surface area contributed by atoms with Crippen LogP contribution in [0.1, 0.15) is 32.3 Å². The molecule has 1 aliphatic heterocycles. The molecule has 4 nitrogen and oxygen atoms in total. The first kappa shape index (κ1) is 17.0. The quantitative estimate of drug-likeness (QED) is 0.875. The van der Waals surface area contributed by atoms with E-state index >= 15 is 0 Å². The third kappa shape index (κ3) is 4.82. The molecule has 2 rings (SSSR count). The van der Waals surface area contributed by atoms with Crippen LogP contribution in [-0.2, 0) is 11.3 Å². The van der Waals surface area contributed by atoms with Crippen LogP contribution in [0.2, 0.25) is 0 Å². The van der Waals surface area contributed by atoms with Crippen molar-refractivity contribution in [2.24, 2.45) is 11.7 Å². The molecule has 1 unspecified atom stereocenters. The van der Waals surface area contributed by atoms with Crippen molar-refractivity contribution >= 4 is 5.91 Å². The predicted octanol–water partition coefficient (Wildman–Crippen LogP) is 2.09. The summed E-state index contributed by atoms with van der Waals surface area (Å²) in [5, 5.41) is 0. The van der Waals surface area contributed by atoms with Crippen molar-refractivity contribution in [2.45, 2.75) is 39.3 Å². The van der Waals surface area contributed by atoms with Gasteiger partial charge in [0.2, 0.25) is 5.91 Å². The highest BCUT2D eigenvalue weighted by Crippen LogP contribution is 2.20. The number of carbonyl (C=O) groups excluding carboxylic acids is 1. The SMILES string of the molecule is CCN(Cc1ccccc1)CC1CCN(C(=O)C(C)N)CC1. The van der Waals surface area contributed by atoms with Crippen LogP contribution in [0.15, 0.2) is 30.3 Å². The molecule has 122 valence electrons. The highest BCUT2D eigenvalue weighted by Gasteiger charge is 2.25. The summed E-state index contributed by atoms with van der Waals surface area (Å²) in [6.07, 6.45) is 2.17. The number of hydrogen-bond donors (Lipinski definition) is 1. The monoisotopic (exact) mass is 303 g/mol. The van der Waals surface area contributed by atoms with Gasteiger partial charge in [-0.1, -0.05) is 37.3 Å². The Hall–Kier alpha value is -1.39. The molecule has 22 heavy (non-hydrogen) atoms. The Morgan fingerprint density at radius 1 is 1.32 bits per heavy atom. The normalized spacial score (nSPS) is 17.7. The fourth-order valence-electron chi connectivity index (χ4n) is 3.14. The first-order valence-corrected chi connectivity index (χ1v) is 8.40. The molecule has 1 aliphatic rings. The van der Waals surface area contributed by atoms with E-state index in [2.05, 4.69) is 42.2 Å². The van der Waals surface area contributed by atoms with E-state index in [0.717, 1.165) is 45.6 Å². The van der Waals surface area contributed by atoms with Crippen LogP contribution in [0, 0.1) is 5.92 Å². The fourth-order valence-corrected chi connectivity index (χ4v) is 3.14. The molecule has 1 amide bonds. The lowest BCUT2D eigenvalue weighted by Gasteiger charge is -2.35. The third-order valence-electron chi connectivity index (χ3n) is 4.53. The predicted molar refractivity (Wildman–Crippen MR) is 90.3 cm³/mol. The van der Waals surface area contributed by atoms with Crippen LogP contribution in [0.3, 0.4) is 0 Å². The standard InChI is InChI=1S/C18H29N3O/c1-3-20(13-16-7-5-4-6-8-16)14-17-9-11-21(12-10-17)18(22)15(2)19/h4-8,15,17H,3,9-14,19H2,1-2H3. The Labute approximate surface area is 134 Å². The van der Waals surface area contributed by atoms with E-state index in [1.807, 2.05) is 4.90 Å². The number of likely N-dealkylation sites (tertiary alicyclic amines) is 1. The first-order valence-electron chi connectivity index (χ1n) is 8.40. The van der Waals surface area contributed by atoms with E-state index in [0.29, 0.717) is 5.92 Å². The number of carbonyl (C=O) groups is 1. The summed E-state index contributed by atoms with van der Waals surface area (Å²) >= 11 is 0. The lowest BCUT2D eigenvalue weighted by atomic mass is 9.95. The van der Waals surface area contributed by atoms with Gasteiger partial charge in [-0.25, -0.2) is 0 Å². The highest BCUT2D eigenvalue weighted by atomic mass is 16.2. The Morgan fingerprint density at radius 3 is 2.50 bits per heavy atom. The summed E-state index contributed by atoms with van der Waals surface area (Å²) in [5.74, 6) is 0.774. The number of rotatable bonds is 6. The summed E-state index contributed by atoms with van der Waals surface area (Å²) in [6, 6.07) is 10.3. The maximum Gasteiger partial charge on any atom is 0.239 e. The zero-order chi connectivity index (χ0) is 15.9. The van der Waals surface area contributed by atoms with Gasteiger partial charge in [0.15, 0.2) is 0 Å². The molecule has 1 aromatic rings. The van der Waals surface area contributed by atoms with Crippen LogP contribution in [-0.4, -0.2) is 47.9 Å². The Morgan fingerprint density at radius 2 is 1.95 bits per heavy atom. The van der Waals surface area contributed by atoms with Crippen molar-refractivity contribution in [3.05, 3.63) is 35.9 Å². The molecule has 0 aliphatic carbocycles. The van der Waals surface area contributed by atoms with E-state index in [4.69, 9.17) is 5.73 Å². The zero-order valence-corrected chi connectivity index (χ0v) is 13.9. The number of benzene rings is 1. The van der Waals surface area contributed by atoms with Crippen molar-refractivity contribution in [2.75, 3.05) is 26.2 Å². The third-order valence-corrected chi connectivity index (χ3v) is 4.53. The highest BCUT2D eigenvalue weighted by molar-refractivity contribution is 5.81.